The fourth-order valence-electron chi connectivity index (χ4n) is 3.41. The van der Waals surface area contributed by atoms with Gasteiger partial charge in [-0.1, -0.05) is 23.7 Å². The number of benzene rings is 1. The molecule has 0 bridgehead atoms. The molecule has 3 aliphatic rings. The van der Waals surface area contributed by atoms with Gasteiger partial charge in [-0.2, -0.15) is 11.8 Å². The molecule has 0 aromatic heterocycles. The van der Waals surface area contributed by atoms with Crippen LogP contribution in [0.1, 0.15) is 37.4 Å². The molecule has 21 heavy (non-hydrogen) atoms. The SMILES string of the molecule is O=C1N(CC2CCCS2)C(c2cccc(Cl)c2)NC12CC2. The lowest BCUT2D eigenvalue weighted by Gasteiger charge is -2.27. The average molecular weight is 323 g/mol. The highest BCUT2D eigenvalue weighted by Crippen LogP contribution is 2.46. The van der Waals surface area contributed by atoms with Gasteiger partial charge in [-0.3, -0.25) is 10.1 Å². The van der Waals surface area contributed by atoms with E-state index in [-0.39, 0.29) is 11.7 Å². The number of rotatable bonds is 3. The van der Waals surface area contributed by atoms with Crippen molar-refractivity contribution in [3.8, 4) is 0 Å². The standard InChI is InChI=1S/C16H19ClN2OS/c17-12-4-1-3-11(9-12)14-18-16(6-7-16)15(20)19(14)10-13-5-2-8-21-13/h1,3-4,9,13-14,18H,2,5-8,10H2. The van der Waals surface area contributed by atoms with Crippen LogP contribution in [0, 0.1) is 0 Å². The molecule has 1 N–H and O–H groups in total. The Hall–Kier alpha value is -0.710. The van der Waals surface area contributed by atoms with Gasteiger partial charge >= 0.3 is 0 Å². The highest BCUT2D eigenvalue weighted by atomic mass is 35.5. The van der Waals surface area contributed by atoms with Crippen LogP contribution >= 0.6 is 23.4 Å². The van der Waals surface area contributed by atoms with E-state index >= 15 is 0 Å². The fraction of sp³-hybridized carbons (Fsp3) is 0.562. The van der Waals surface area contributed by atoms with E-state index < -0.39 is 0 Å². The van der Waals surface area contributed by atoms with Crippen molar-refractivity contribution < 1.29 is 4.79 Å². The molecule has 2 unspecified atom stereocenters. The molecule has 3 fully saturated rings. The van der Waals surface area contributed by atoms with Gasteiger partial charge in [0.25, 0.3) is 0 Å². The second-order valence-corrected chi connectivity index (χ2v) is 8.12. The van der Waals surface area contributed by atoms with Crippen molar-refractivity contribution in [2.45, 2.75) is 42.6 Å². The van der Waals surface area contributed by atoms with Crippen molar-refractivity contribution in [2.24, 2.45) is 0 Å². The molecule has 0 radical (unpaired) electrons. The minimum absolute atomic E-state index is 0.0140. The van der Waals surface area contributed by atoms with Gasteiger partial charge in [-0.15, -0.1) is 0 Å². The first kappa shape index (κ1) is 13.9. The molecular weight excluding hydrogens is 304 g/mol. The lowest BCUT2D eigenvalue weighted by molar-refractivity contribution is -0.130. The van der Waals surface area contributed by atoms with Crippen molar-refractivity contribution in [1.29, 1.82) is 0 Å². The molecule has 1 aliphatic carbocycles. The zero-order valence-corrected chi connectivity index (χ0v) is 13.4. The summed E-state index contributed by atoms with van der Waals surface area (Å²) in [5.74, 6) is 1.52. The van der Waals surface area contributed by atoms with Gasteiger partial charge in [-0.05, 0) is 49.1 Å². The molecule has 1 spiro atoms. The molecule has 1 aromatic carbocycles. The summed E-state index contributed by atoms with van der Waals surface area (Å²) in [6.07, 6.45) is 4.43. The predicted molar refractivity (Wildman–Crippen MR) is 86.5 cm³/mol. The minimum Gasteiger partial charge on any atom is -0.320 e. The molecule has 1 amide bonds. The van der Waals surface area contributed by atoms with E-state index in [4.69, 9.17) is 11.6 Å². The Morgan fingerprint density at radius 3 is 2.95 bits per heavy atom. The van der Waals surface area contributed by atoms with E-state index in [1.165, 1.54) is 18.6 Å². The van der Waals surface area contributed by atoms with Crippen molar-refractivity contribution in [1.82, 2.24) is 10.2 Å². The second-order valence-electron chi connectivity index (χ2n) is 6.28. The number of halogens is 1. The molecule has 112 valence electrons. The first-order valence-corrected chi connectivity index (χ1v) is 9.06. The first-order valence-electron chi connectivity index (χ1n) is 7.64. The summed E-state index contributed by atoms with van der Waals surface area (Å²) in [5.41, 5.74) is 0.832. The van der Waals surface area contributed by atoms with Crippen molar-refractivity contribution in [3.63, 3.8) is 0 Å². The summed E-state index contributed by atoms with van der Waals surface area (Å²) in [6.45, 7) is 0.857. The van der Waals surface area contributed by atoms with Gasteiger partial charge in [0.15, 0.2) is 0 Å². The summed E-state index contributed by atoms with van der Waals surface area (Å²) < 4.78 is 0. The number of hydrogen-bond acceptors (Lipinski definition) is 3. The van der Waals surface area contributed by atoms with Crippen LogP contribution in [0.4, 0.5) is 0 Å². The van der Waals surface area contributed by atoms with Crippen molar-refractivity contribution in [3.05, 3.63) is 34.9 Å². The fourth-order valence-corrected chi connectivity index (χ4v) is 4.88. The lowest BCUT2D eigenvalue weighted by Crippen LogP contribution is -2.36. The van der Waals surface area contributed by atoms with E-state index in [2.05, 4.69) is 16.3 Å². The van der Waals surface area contributed by atoms with Crippen LogP contribution in [0.5, 0.6) is 0 Å². The normalized spacial score (nSPS) is 30.3. The van der Waals surface area contributed by atoms with Crippen LogP contribution in [0.15, 0.2) is 24.3 Å². The van der Waals surface area contributed by atoms with Gasteiger partial charge in [0.1, 0.15) is 11.7 Å². The molecule has 1 aromatic rings. The molecule has 1 saturated carbocycles. The Morgan fingerprint density at radius 2 is 2.29 bits per heavy atom. The summed E-state index contributed by atoms with van der Waals surface area (Å²) in [6, 6.07) is 7.88. The predicted octanol–water partition coefficient (Wildman–Crippen LogP) is 3.20. The number of carbonyl (C=O) groups is 1. The molecule has 5 heteroatoms. The number of nitrogens with zero attached hydrogens (tertiary/aromatic N) is 1. The van der Waals surface area contributed by atoms with E-state index in [1.54, 1.807) is 0 Å². The molecular formula is C16H19ClN2OS. The third-order valence-corrected chi connectivity index (χ3v) is 6.35. The molecule has 2 saturated heterocycles. The van der Waals surface area contributed by atoms with Gasteiger partial charge in [0.2, 0.25) is 5.91 Å². The average Bonchev–Trinajstić information content (AvgIpc) is 2.98. The number of hydrogen-bond donors (Lipinski definition) is 1. The summed E-state index contributed by atoms with van der Waals surface area (Å²) >= 11 is 8.13. The van der Waals surface area contributed by atoms with Crippen LogP contribution in [0.3, 0.4) is 0 Å². The van der Waals surface area contributed by atoms with E-state index in [0.717, 1.165) is 30.0 Å². The van der Waals surface area contributed by atoms with Crippen LogP contribution in [-0.2, 0) is 4.79 Å². The maximum absolute atomic E-state index is 12.8. The summed E-state index contributed by atoms with van der Waals surface area (Å²) in [5, 5.41) is 4.89. The summed E-state index contributed by atoms with van der Waals surface area (Å²) in [4.78, 5) is 14.8. The molecule has 2 aliphatic heterocycles. The van der Waals surface area contributed by atoms with Crippen LogP contribution in [-0.4, -0.2) is 33.9 Å². The highest BCUT2D eigenvalue weighted by Gasteiger charge is 2.59. The zero-order chi connectivity index (χ0) is 14.4. The topological polar surface area (TPSA) is 32.3 Å². The molecule has 2 heterocycles. The van der Waals surface area contributed by atoms with Gasteiger partial charge in [0, 0.05) is 16.8 Å². The van der Waals surface area contributed by atoms with Gasteiger partial charge in [-0.25, -0.2) is 0 Å². The van der Waals surface area contributed by atoms with Crippen LogP contribution in [0.25, 0.3) is 0 Å². The van der Waals surface area contributed by atoms with Gasteiger partial charge in [0.05, 0.1) is 0 Å². The van der Waals surface area contributed by atoms with Crippen LogP contribution < -0.4 is 5.32 Å². The number of carbonyl (C=O) groups excluding carboxylic acids is 1. The molecule has 3 nitrogen and oxygen atoms in total. The monoisotopic (exact) mass is 322 g/mol. The first-order chi connectivity index (χ1) is 10.2. The third kappa shape index (κ3) is 2.47. The Morgan fingerprint density at radius 1 is 1.43 bits per heavy atom. The Bertz CT molecular complexity index is 569. The number of amides is 1. The number of nitrogens with one attached hydrogen (secondary N) is 1. The van der Waals surface area contributed by atoms with Gasteiger partial charge < -0.3 is 4.90 Å². The minimum atomic E-state index is -0.268. The maximum Gasteiger partial charge on any atom is 0.244 e. The van der Waals surface area contributed by atoms with Crippen LogP contribution in [0.2, 0.25) is 5.02 Å². The molecule has 2 atom stereocenters. The smallest absolute Gasteiger partial charge is 0.244 e. The summed E-state index contributed by atoms with van der Waals surface area (Å²) in [7, 11) is 0. The van der Waals surface area contributed by atoms with E-state index in [0.29, 0.717) is 11.2 Å². The number of thioether (sulfide) groups is 1. The second kappa shape index (κ2) is 5.18. The Labute approximate surface area is 134 Å². The maximum atomic E-state index is 12.8. The third-order valence-electron chi connectivity index (χ3n) is 4.73. The molecule has 4 rings (SSSR count). The van der Waals surface area contributed by atoms with Crippen molar-refractivity contribution in [2.75, 3.05) is 12.3 Å². The largest absolute Gasteiger partial charge is 0.320 e. The highest BCUT2D eigenvalue weighted by molar-refractivity contribution is 8.00. The van der Waals surface area contributed by atoms with E-state index in [1.807, 2.05) is 30.0 Å². The Kier molecular flexibility index (Phi) is 3.43. The quantitative estimate of drug-likeness (QED) is 0.927. The zero-order valence-electron chi connectivity index (χ0n) is 11.8. The Balaban J connectivity index is 1.61. The van der Waals surface area contributed by atoms with Crippen molar-refractivity contribution >= 4 is 29.3 Å². The lowest BCUT2D eigenvalue weighted by atomic mass is 10.1. The van der Waals surface area contributed by atoms with E-state index in [9.17, 15) is 4.79 Å².